The molecule has 0 atom stereocenters. The van der Waals surface area contributed by atoms with Gasteiger partial charge in [0.25, 0.3) is 11.5 Å². The molecule has 1 amide bonds. The van der Waals surface area contributed by atoms with Crippen molar-refractivity contribution < 1.29 is 13.9 Å². The van der Waals surface area contributed by atoms with Gasteiger partial charge in [0, 0.05) is 29.3 Å². The number of amides is 1. The number of halogens is 2. The van der Waals surface area contributed by atoms with E-state index in [1.807, 2.05) is 24.3 Å². The van der Waals surface area contributed by atoms with Gasteiger partial charge in [-0.2, -0.15) is 4.68 Å². The maximum atomic E-state index is 13.3. The number of carbonyl (C=O) groups is 1. The lowest BCUT2D eigenvalue weighted by Crippen LogP contribution is -2.26. The van der Waals surface area contributed by atoms with Crippen LogP contribution in [0.25, 0.3) is 5.69 Å². The van der Waals surface area contributed by atoms with E-state index in [0.717, 1.165) is 5.56 Å². The van der Waals surface area contributed by atoms with Crippen molar-refractivity contribution in [3.05, 3.63) is 123 Å². The summed E-state index contributed by atoms with van der Waals surface area (Å²) in [6.07, 6.45) is 0.683. The third kappa shape index (κ3) is 6.08. The van der Waals surface area contributed by atoms with Crippen LogP contribution in [0.3, 0.4) is 0 Å². The van der Waals surface area contributed by atoms with E-state index in [-0.39, 0.29) is 29.8 Å². The van der Waals surface area contributed by atoms with Crippen molar-refractivity contribution in [2.24, 2.45) is 0 Å². The quantitative estimate of drug-likeness (QED) is 0.403. The molecule has 1 N–H and O–H groups in total. The third-order valence-corrected chi connectivity index (χ3v) is 5.29. The van der Waals surface area contributed by atoms with Crippen molar-refractivity contribution in [3.63, 3.8) is 0 Å². The van der Waals surface area contributed by atoms with Gasteiger partial charge in [0.1, 0.15) is 12.4 Å². The van der Waals surface area contributed by atoms with E-state index in [0.29, 0.717) is 34.8 Å². The number of rotatable bonds is 8. The minimum atomic E-state index is -0.354. The van der Waals surface area contributed by atoms with Gasteiger partial charge in [-0.1, -0.05) is 35.9 Å². The first-order chi connectivity index (χ1) is 16.5. The van der Waals surface area contributed by atoms with Crippen molar-refractivity contribution >= 4 is 17.5 Å². The number of benzene rings is 3. The lowest BCUT2D eigenvalue weighted by molar-refractivity contribution is 0.0954. The van der Waals surface area contributed by atoms with Crippen molar-refractivity contribution in [2.45, 2.75) is 13.0 Å². The van der Waals surface area contributed by atoms with E-state index in [9.17, 15) is 14.0 Å². The molecule has 4 rings (SSSR count). The second-order valence-corrected chi connectivity index (χ2v) is 7.96. The van der Waals surface area contributed by atoms with Crippen molar-refractivity contribution in [1.82, 2.24) is 15.1 Å². The maximum Gasteiger partial charge on any atom is 0.271 e. The van der Waals surface area contributed by atoms with Gasteiger partial charge in [-0.25, -0.2) is 4.39 Å². The fourth-order valence-corrected chi connectivity index (χ4v) is 3.39. The number of hydrogen-bond acceptors (Lipinski definition) is 4. The molecule has 0 saturated carbocycles. The Bertz CT molecular complexity index is 1340. The average molecular weight is 478 g/mol. The van der Waals surface area contributed by atoms with Gasteiger partial charge in [-0.15, -0.1) is 5.10 Å². The highest BCUT2D eigenvalue weighted by molar-refractivity contribution is 6.30. The molecule has 0 unspecified atom stereocenters. The number of carbonyl (C=O) groups excluding carboxylic acids is 1. The molecule has 0 radical (unpaired) electrons. The second-order valence-electron chi connectivity index (χ2n) is 7.52. The van der Waals surface area contributed by atoms with E-state index < -0.39 is 0 Å². The van der Waals surface area contributed by atoms with Gasteiger partial charge >= 0.3 is 0 Å². The molecule has 0 aliphatic heterocycles. The number of nitrogens with zero attached hydrogens (tertiary/aromatic N) is 2. The Labute approximate surface area is 200 Å². The molecule has 34 heavy (non-hydrogen) atoms. The Balaban J connectivity index is 1.38. The molecular formula is C26H21ClFN3O3. The van der Waals surface area contributed by atoms with E-state index in [4.69, 9.17) is 16.3 Å². The number of aromatic nitrogens is 2. The average Bonchev–Trinajstić information content (AvgIpc) is 2.85. The Hall–Kier alpha value is -3.97. The Morgan fingerprint density at radius 2 is 1.74 bits per heavy atom. The first kappa shape index (κ1) is 23.2. The summed E-state index contributed by atoms with van der Waals surface area (Å²) in [5.41, 5.74) is 2.32. The molecule has 0 saturated heterocycles. The van der Waals surface area contributed by atoms with Gasteiger partial charge in [-0.3, -0.25) is 9.59 Å². The van der Waals surface area contributed by atoms with Crippen LogP contribution in [0.4, 0.5) is 4.39 Å². The van der Waals surface area contributed by atoms with Crippen LogP contribution in [0, 0.1) is 5.82 Å². The van der Waals surface area contributed by atoms with Crippen LogP contribution in [-0.2, 0) is 13.0 Å². The SMILES string of the molecule is O=C(NCCc1ccc(Cl)cc1)c1ccc(-n2nc(OCc3cccc(F)c3)ccc2=O)cc1. The summed E-state index contributed by atoms with van der Waals surface area (Å²) in [4.78, 5) is 24.8. The second kappa shape index (κ2) is 10.8. The molecule has 0 aliphatic carbocycles. The Morgan fingerprint density at radius 3 is 2.47 bits per heavy atom. The third-order valence-electron chi connectivity index (χ3n) is 5.04. The largest absolute Gasteiger partial charge is 0.472 e. The molecule has 4 aromatic rings. The molecular weight excluding hydrogens is 457 g/mol. The number of hydrogen-bond donors (Lipinski definition) is 1. The van der Waals surface area contributed by atoms with E-state index >= 15 is 0 Å². The molecule has 3 aromatic carbocycles. The van der Waals surface area contributed by atoms with Gasteiger partial charge in [0.15, 0.2) is 0 Å². The van der Waals surface area contributed by atoms with Crippen molar-refractivity contribution in [1.29, 1.82) is 0 Å². The highest BCUT2D eigenvalue weighted by atomic mass is 35.5. The zero-order valence-electron chi connectivity index (χ0n) is 18.1. The standard InChI is InChI=1S/C26H21ClFN3O3/c27-21-8-4-18(5-9-21)14-15-29-26(33)20-6-10-23(11-7-20)31-25(32)13-12-24(30-31)34-17-19-2-1-3-22(28)16-19/h1-13,16H,14-15,17H2,(H,29,33). The molecule has 0 aliphatic rings. The van der Waals surface area contributed by atoms with E-state index in [1.54, 1.807) is 36.4 Å². The zero-order chi connectivity index (χ0) is 23.9. The van der Waals surface area contributed by atoms with Crippen LogP contribution in [0.15, 0.2) is 89.7 Å². The molecule has 0 fully saturated rings. The summed E-state index contributed by atoms with van der Waals surface area (Å²) >= 11 is 5.88. The highest BCUT2D eigenvalue weighted by Gasteiger charge is 2.09. The summed E-state index contributed by atoms with van der Waals surface area (Å²) < 4.78 is 20.1. The summed E-state index contributed by atoms with van der Waals surface area (Å²) in [5.74, 6) is -0.353. The number of nitrogens with one attached hydrogen (secondary N) is 1. The van der Waals surface area contributed by atoms with Crippen LogP contribution < -0.4 is 15.6 Å². The zero-order valence-corrected chi connectivity index (χ0v) is 18.8. The maximum absolute atomic E-state index is 13.3. The molecule has 8 heteroatoms. The molecule has 1 heterocycles. The fraction of sp³-hybridized carbons (Fsp3) is 0.115. The van der Waals surface area contributed by atoms with Crippen LogP contribution in [0.5, 0.6) is 5.88 Å². The normalized spacial score (nSPS) is 10.6. The lowest BCUT2D eigenvalue weighted by Gasteiger charge is -2.10. The Morgan fingerprint density at radius 1 is 0.971 bits per heavy atom. The molecule has 0 bridgehead atoms. The van der Waals surface area contributed by atoms with Crippen LogP contribution in [-0.4, -0.2) is 22.2 Å². The van der Waals surface area contributed by atoms with Gasteiger partial charge in [-0.05, 0) is 66.1 Å². The van der Waals surface area contributed by atoms with E-state index in [1.165, 1.54) is 28.9 Å². The summed E-state index contributed by atoms with van der Waals surface area (Å²) in [7, 11) is 0. The first-order valence-corrected chi connectivity index (χ1v) is 11.0. The first-order valence-electron chi connectivity index (χ1n) is 10.6. The summed E-state index contributed by atoms with van der Waals surface area (Å²) in [6.45, 7) is 0.589. The Kier molecular flexibility index (Phi) is 7.34. The van der Waals surface area contributed by atoms with Crippen molar-refractivity contribution in [2.75, 3.05) is 6.54 Å². The van der Waals surface area contributed by atoms with E-state index in [2.05, 4.69) is 10.4 Å². The van der Waals surface area contributed by atoms with Gasteiger partial charge in [0.2, 0.25) is 5.88 Å². The van der Waals surface area contributed by atoms with Gasteiger partial charge < -0.3 is 10.1 Å². The molecule has 6 nitrogen and oxygen atoms in total. The summed E-state index contributed by atoms with van der Waals surface area (Å²) in [6, 6.07) is 22.8. The van der Waals surface area contributed by atoms with Crippen LogP contribution in [0.1, 0.15) is 21.5 Å². The van der Waals surface area contributed by atoms with Crippen LogP contribution >= 0.6 is 11.6 Å². The van der Waals surface area contributed by atoms with Crippen molar-refractivity contribution in [3.8, 4) is 11.6 Å². The molecule has 172 valence electrons. The molecule has 1 aromatic heterocycles. The number of ether oxygens (including phenoxy) is 1. The minimum absolute atomic E-state index is 0.109. The topological polar surface area (TPSA) is 73.2 Å². The predicted molar refractivity (Wildman–Crippen MR) is 128 cm³/mol. The predicted octanol–water partition coefficient (Wildman–Crippen LogP) is 4.58. The van der Waals surface area contributed by atoms with Gasteiger partial charge in [0.05, 0.1) is 5.69 Å². The molecule has 0 spiro atoms. The minimum Gasteiger partial charge on any atom is -0.472 e. The monoisotopic (exact) mass is 477 g/mol. The fourth-order valence-electron chi connectivity index (χ4n) is 3.27. The highest BCUT2D eigenvalue weighted by Crippen LogP contribution is 2.13. The lowest BCUT2D eigenvalue weighted by atomic mass is 10.1. The van der Waals surface area contributed by atoms with Crippen LogP contribution in [0.2, 0.25) is 5.02 Å². The summed E-state index contributed by atoms with van der Waals surface area (Å²) in [5, 5.41) is 7.77. The smallest absolute Gasteiger partial charge is 0.271 e.